The lowest BCUT2D eigenvalue weighted by atomic mass is 9.69. The second-order valence-corrected chi connectivity index (χ2v) is 6.23. The Morgan fingerprint density at radius 2 is 1.83 bits per heavy atom. The monoisotopic (exact) mass is 356 g/mol. The number of hydrogen-bond donors (Lipinski definition) is 2. The summed E-state index contributed by atoms with van der Waals surface area (Å²) in [5.41, 5.74) is 6.65. The van der Waals surface area contributed by atoms with E-state index in [1.165, 1.54) is 24.8 Å². The molecule has 136 valence electrons. The third-order valence-corrected chi connectivity index (χ3v) is 4.80. The first-order chi connectivity index (χ1) is 11.1. The van der Waals surface area contributed by atoms with Gasteiger partial charge in [0.2, 0.25) is 5.91 Å². The SMILES string of the molecule is COc1ccc(C2(CNC(=O)CCN)CCCCC2)cc1OC.Cl. The number of methoxy groups -OCH3 is 2. The zero-order valence-corrected chi connectivity index (χ0v) is 15.4. The maximum Gasteiger partial charge on any atom is 0.221 e. The highest BCUT2D eigenvalue weighted by molar-refractivity contribution is 5.85. The quantitative estimate of drug-likeness (QED) is 0.787. The average Bonchev–Trinajstić information content (AvgIpc) is 2.60. The molecule has 0 bridgehead atoms. The van der Waals surface area contributed by atoms with Crippen molar-refractivity contribution in [2.45, 2.75) is 43.9 Å². The van der Waals surface area contributed by atoms with Crippen molar-refractivity contribution in [3.8, 4) is 11.5 Å². The van der Waals surface area contributed by atoms with Crippen LogP contribution >= 0.6 is 12.4 Å². The molecule has 0 aliphatic heterocycles. The summed E-state index contributed by atoms with van der Waals surface area (Å²) in [7, 11) is 3.29. The minimum absolute atomic E-state index is 0. The van der Waals surface area contributed by atoms with Gasteiger partial charge in [0, 0.05) is 24.9 Å². The fourth-order valence-corrected chi connectivity index (χ4v) is 3.45. The Bertz CT molecular complexity index is 531. The Kier molecular flexibility index (Phi) is 8.36. The zero-order valence-electron chi connectivity index (χ0n) is 14.6. The molecule has 0 heterocycles. The number of nitrogens with two attached hydrogens (primary N) is 1. The summed E-state index contributed by atoms with van der Waals surface area (Å²) >= 11 is 0. The second-order valence-electron chi connectivity index (χ2n) is 6.23. The van der Waals surface area contributed by atoms with E-state index >= 15 is 0 Å². The van der Waals surface area contributed by atoms with Crippen LogP contribution in [0.15, 0.2) is 18.2 Å². The molecule has 1 aromatic carbocycles. The molecule has 1 amide bonds. The van der Waals surface area contributed by atoms with Crippen molar-refractivity contribution in [3.05, 3.63) is 23.8 Å². The third kappa shape index (κ3) is 4.77. The molecule has 1 aromatic rings. The Labute approximate surface area is 150 Å². The second kappa shape index (κ2) is 9.74. The summed E-state index contributed by atoms with van der Waals surface area (Å²) in [5, 5.41) is 3.07. The first-order valence-corrected chi connectivity index (χ1v) is 8.34. The number of benzene rings is 1. The van der Waals surface area contributed by atoms with Crippen LogP contribution in [0.2, 0.25) is 0 Å². The highest BCUT2D eigenvalue weighted by atomic mass is 35.5. The third-order valence-electron chi connectivity index (χ3n) is 4.80. The summed E-state index contributed by atoms with van der Waals surface area (Å²) in [6, 6.07) is 6.10. The first-order valence-electron chi connectivity index (χ1n) is 8.34. The van der Waals surface area contributed by atoms with Crippen molar-refractivity contribution in [2.75, 3.05) is 27.3 Å². The number of carbonyl (C=O) groups excluding carboxylic acids is 1. The maximum absolute atomic E-state index is 11.8. The molecule has 0 aromatic heterocycles. The van der Waals surface area contributed by atoms with Crippen LogP contribution in [-0.2, 0) is 10.2 Å². The predicted molar refractivity (Wildman–Crippen MR) is 98.2 cm³/mol. The molecular formula is C18H29ClN2O3. The van der Waals surface area contributed by atoms with E-state index in [-0.39, 0.29) is 23.7 Å². The van der Waals surface area contributed by atoms with Gasteiger partial charge in [-0.3, -0.25) is 4.79 Å². The van der Waals surface area contributed by atoms with Gasteiger partial charge >= 0.3 is 0 Å². The maximum atomic E-state index is 11.8. The fraction of sp³-hybridized carbons (Fsp3) is 0.611. The van der Waals surface area contributed by atoms with Crippen LogP contribution in [0.25, 0.3) is 0 Å². The molecule has 0 unspecified atom stereocenters. The van der Waals surface area contributed by atoms with Gasteiger partial charge < -0.3 is 20.5 Å². The van der Waals surface area contributed by atoms with E-state index in [2.05, 4.69) is 17.4 Å². The van der Waals surface area contributed by atoms with Gasteiger partial charge in [0.15, 0.2) is 11.5 Å². The van der Waals surface area contributed by atoms with Crippen molar-refractivity contribution in [1.82, 2.24) is 5.32 Å². The number of ether oxygens (including phenoxy) is 2. The van der Waals surface area contributed by atoms with Crippen LogP contribution in [-0.4, -0.2) is 33.2 Å². The highest BCUT2D eigenvalue weighted by Gasteiger charge is 2.34. The van der Waals surface area contributed by atoms with E-state index in [0.717, 1.165) is 24.3 Å². The molecule has 0 atom stereocenters. The number of amides is 1. The van der Waals surface area contributed by atoms with Crippen molar-refractivity contribution >= 4 is 18.3 Å². The average molecular weight is 357 g/mol. The normalized spacial score (nSPS) is 16.0. The van der Waals surface area contributed by atoms with E-state index in [0.29, 0.717) is 19.5 Å². The smallest absolute Gasteiger partial charge is 0.221 e. The lowest BCUT2D eigenvalue weighted by Gasteiger charge is -2.38. The van der Waals surface area contributed by atoms with Crippen LogP contribution in [0.4, 0.5) is 0 Å². The van der Waals surface area contributed by atoms with Crippen molar-refractivity contribution in [3.63, 3.8) is 0 Å². The van der Waals surface area contributed by atoms with Crippen LogP contribution in [0.1, 0.15) is 44.1 Å². The lowest BCUT2D eigenvalue weighted by molar-refractivity contribution is -0.121. The summed E-state index contributed by atoms with van der Waals surface area (Å²) in [6.07, 6.45) is 6.15. The molecule has 24 heavy (non-hydrogen) atoms. The Hall–Kier alpha value is -1.46. The largest absolute Gasteiger partial charge is 0.493 e. The molecule has 0 spiro atoms. The van der Waals surface area contributed by atoms with Gasteiger partial charge in [0.1, 0.15) is 0 Å². The molecule has 1 saturated carbocycles. The minimum atomic E-state index is -0.0257. The lowest BCUT2D eigenvalue weighted by Crippen LogP contribution is -2.42. The first kappa shape index (κ1) is 20.6. The van der Waals surface area contributed by atoms with Gasteiger partial charge in [-0.05, 0) is 30.5 Å². The molecule has 1 aliphatic rings. The molecule has 6 heteroatoms. The number of halogens is 1. The fourth-order valence-electron chi connectivity index (χ4n) is 3.45. The van der Waals surface area contributed by atoms with Crippen LogP contribution in [0.5, 0.6) is 11.5 Å². The minimum Gasteiger partial charge on any atom is -0.493 e. The number of rotatable bonds is 7. The summed E-state index contributed by atoms with van der Waals surface area (Å²) in [4.78, 5) is 11.8. The molecule has 5 nitrogen and oxygen atoms in total. The Morgan fingerprint density at radius 3 is 2.42 bits per heavy atom. The van der Waals surface area contributed by atoms with E-state index in [9.17, 15) is 4.79 Å². The molecule has 0 radical (unpaired) electrons. The summed E-state index contributed by atoms with van der Waals surface area (Å²) in [6.45, 7) is 1.04. The Balaban J connectivity index is 0.00000288. The van der Waals surface area contributed by atoms with E-state index < -0.39 is 0 Å². The van der Waals surface area contributed by atoms with Gasteiger partial charge in [0.05, 0.1) is 14.2 Å². The van der Waals surface area contributed by atoms with Crippen molar-refractivity contribution < 1.29 is 14.3 Å². The van der Waals surface area contributed by atoms with E-state index in [1.54, 1.807) is 14.2 Å². The highest BCUT2D eigenvalue weighted by Crippen LogP contribution is 2.42. The van der Waals surface area contributed by atoms with Gasteiger partial charge in [-0.1, -0.05) is 25.3 Å². The molecule has 3 N–H and O–H groups in total. The van der Waals surface area contributed by atoms with E-state index in [4.69, 9.17) is 15.2 Å². The number of nitrogens with one attached hydrogen (secondary N) is 1. The van der Waals surface area contributed by atoms with E-state index in [1.807, 2.05) is 6.07 Å². The predicted octanol–water partition coefficient (Wildman–Crippen LogP) is 2.79. The topological polar surface area (TPSA) is 73.6 Å². The molecule has 0 saturated heterocycles. The number of hydrogen-bond acceptors (Lipinski definition) is 4. The standard InChI is InChI=1S/C18H28N2O3.ClH/c1-22-15-7-6-14(12-16(15)23-2)18(9-4-3-5-10-18)13-20-17(21)8-11-19;/h6-7,12H,3-5,8-11,13,19H2,1-2H3,(H,20,21);1H. The van der Waals surface area contributed by atoms with Crippen LogP contribution in [0, 0.1) is 0 Å². The summed E-state index contributed by atoms with van der Waals surface area (Å²) in [5.74, 6) is 1.50. The van der Waals surface area contributed by atoms with Gasteiger partial charge in [-0.15, -0.1) is 12.4 Å². The molecule has 1 aliphatic carbocycles. The van der Waals surface area contributed by atoms with Gasteiger partial charge in [-0.2, -0.15) is 0 Å². The molecule has 2 rings (SSSR count). The molecule has 1 fully saturated rings. The van der Waals surface area contributed by atoms with Gasteiger partial charge in [0.25, 0.3) is 0 Å². The van der Waals surface area contributed by atoms with Crippen LogP contribution in [0.3, 0.4) is 0 Å². The number of carbonyl (C=O) groups is 1. The Morgan fingerprint density at radius 1 is 1.17 bits per heavy atom. The van der Waals surface area contributed by atoms with Crippen molar-refractivity contribution in [2.24, 2.45) is 5.73 Å². The summed E-state index contributed by atoms with van der Waals surface area (Å²) < 4.78 is 10.8. The van der Waals surface area contributed by atoms with Gasteiger partial charge in [-0.25, -0.2) is 0 Å². The van der Waals surface area contributed by atoms with Crippen molar-refractivity contribution in [1.29, 1.82) is 0 Å². The zero-order chi connectivity index (χ0) is 16.7. The molecular weight excluding hydrogens is 328 g/mol. The van der Waals surface area contributed by atoms with Crippen LogP contribution < -0.4 is 20.5 Å².